The zero-order valence-electron chi connectivity index (χ0n) is 11.4. The Balaban J connectivity index is 2.02. The maximum absolute atomic E-state index is 12.2. The molecule has 0 saturated heterocycles. The number of benzene rings is 1. The van der Waals surface area contributed by atoms with Crippen LogP contribution < -0.4 is 4.72 Å². The minimum absolute atomic E-state index is 0.0704. The van der Waals surface area contributed by atoms with Crippen molar-refractivity contribution in [3.63, 3.8) is 0 Å². The van der Waals surface area contributed by atoms with Gasteiger partial charge in [-0.25, -0.2) is 17.8 Å². The molecule has 1 heterocycles. The second kappa shape index (κ2) is 6.29. The minimum atomic E-state index is -3.63. The van der Waals surface area contributed by atoms with E-state index in [0.717, 1.165) is 0 Å². The Kier molecular flexibility index (Phi) is 4.69. The maximum Gasteiger partial charge on any atom is 0.242 e. The van der Waals surface area contributed by atoms with Crippen molar-refractivity contribution < 1.29 is 17.8 Å². The first-order chi connectivity index (χ1) is 9.50. The summed E-state index contributed by atoms with van der Waals surface area (Å²) in [6.07, 6.45) is 0.742. The fraction of sp³-hybridized carbons (Fsp3) is 0.500. The molecule has 0 bridgehead atoms. The summed E-state index contributed by atoms with van der Waals surface area (Å²) in [4.78, 5) is 0.0704. The van der Waals surface area contributed by atoms with Crippen LogP contribution >= 0.6 is 0 Å². The van der Waals surface area contributed by atoms with E-state index in [0.29, 0.717) is 25.1 Å². The molecule has 0 amide bonds. The molecule has 0 atom stereocenters. The first-order valence-electron chi connectivity index (χ1n) is 6.33. The summed E-state index contributed by atoms with van der Waals surface area (Å²) in [6.45, 7) is 4.68. The molecule has 0 spiro atoms. The highest BCUT2D eigenvalue weighted by Gasteiger charge is 2.19. The fourth-order valence-electron chi connectivity index (χ4n) is 1.67. The van der Waals surface area contributed by atoms with Gasteiger partial charge in [-0.05, 0) is 42.7 Å². The van der Waals surface area contributed by atoms with E-state index in [2.05, 4.69) is 19.7 Å². The van der Waals surface area contributed by atoms with Gasteiger partial charge in [-0.2, -0.15) is 0 Å². The summed E-state index contributed by atoms with van der Waals surface area (Å²) >= 11 is 0. The molecule has 7 nitrogen and oxygen atoms in total. The van der Waals surface area contributed by atoms with Crippen LogP contribution in [0.1, 0.15) is 20.3 Å². The number of hydrogen-bond donors (Lipinski definition) is 1. The molecule has 1 aromatic heterocycles. The summed E-state index contributed by atoms with van der Waals surface area (Å²) in [7, 11) is -3.63. The Morgan fingerprint density at radius 3 is 2.90 bits per heavy atom. The van der Waals surface area contributed by atoms with Crippen LogP contribution in [0.3, 0.4) is 0 Å². The van der Waals surface area contributed by atoms with E-state index in [-0.39, 0.29) is 16.5 Å². The quantitative estimate of drug-likeness (QED) is 0.775. The van der Waals surface area contributed by atoms with Gasteiger partial charge in [0.1, 0.15) is 10.4 Å². The SMILES string of the molecule is CC(C)OCCCNS(=O)(=O)c1cccc2nonc12. The van der Waals surface area contributed by atoms with Crippen LogP contribution in [0.25, 0.3) is 11.0 Å². The molecular weight excluding hydrogens is 282 g/mol. The highest BCUT2D eigenvalue weighted by atomic mass is 32.2. The molecule has 0 aliphatic carbocycles. The number of nitrogens with one attached hydrogen (secondary N) is 1. The molecule has 0 saturated carbocycles. The van der Waals surface area contributed by atoms with Gasteiger partial charge in [-0.1, -0.05) is 6.07 Å². The average molecular weight is 299 g/mol. The topological polar surface area (TPSA) is 94.3 Å². The summed E-state index contributed by atoms with van der Waals surface area (Å²) in [6, 6.07) is 4.71. The van der Waals surface area contributed by atoms with Gasteiger partial charge in [0, 0.05) is 13.2 Å². The number of fused-ring (bicyclic) bond motifs is 1. The van der Waals surface area contributed by atoms with Crippen LogP contribution in [0.5, 0.6) is 0 Å². The van der Waals surface area contributed by atoms with Gasteiger partial charge < -0.3 is 4.74 Å². The molecule has 2 rings (SSSR count). The van der Waals surface area contributed by atoms with Crippen molar-refractivity contribution in [3.05, 3.63) is 18.2 Å². The summed E-state index contributed by atoms with van der Waals surface area (Å²) < 4.78 is 36.8. The van der Waals surface area contributed by atoms with Crippen LogP contribution in [0, 0.1) is 0 Å². The standard InChI is InChI=1S/C12H17N3O4S/c1-9(2)18-8-4-7-13-20(16,17)11-6-3-5-10-12(11)15-19-14-10/h3,5-6,9,13H,4,7-8H2,1-2H3. The molecule has 0 radical (unpaired) electrons. The summed E-state index contributed by atoms with van der Waals surface area (Å²) in [5, 5.41) is 7.25. The fourth-order valence-corrected chi connectivity index (χ4v) is 2.90. The van der Waals surface area contributed by atoms with Gasteiger partial charge >= 0.3 is 0 Å². The lowest BCUT2D eigenvalue weighted by Crippen LogP contribution is -2.26. The van der Waals surface area contributed by atoms with Crippen molar-refractivity contribution in [2.24, 2.45) is 0 Å². The van der Waals surface area contributed by atoms with Gasteiger partial charge in [-0.15, -0.1) is 0 Å². The van der Waals surface area contributed by atoms with E-state index >= 15 is 0 Å². The Labute approximate surface area is 117 Å². The molecule has 8 heteroatoms. The Bertz CT molecular complexity index is 666. The highest BCUT2D eigenvalue weighted by Crippen LogP contribution is 2.19. The number of nitrogens with zero attached hydrogens (tertiary/aromatic N) is 2. The molecule has 0 unspecified atom stereocenters. The largest absolute Gasteiger partial charge is 0.379 e. The highest BCUT2D eigenvalue weighted by molar-refractivity contribution is 7.89. The molecule has 0 fully saturated rings. The van der Waals surface area contributed by atoms with Crippen molar-refractivity contribution in [1.29, 1.82) is 0 Å². The lowest BCUT2D eigenvalue weighted by atomic mass is 10.3. The smallest absolute Gasteiger partial charge is 0.242 e. The van der Waals surface area contributed by atoms with Gasteiger partial charge in [0.05, 0.1) is 6.10 Å². The first-order valence-corrected chi connectivity index (χ1v) is 7.81. The molecule has 0 aliphatic heterocycles. The minimum Gasteiger partial charge on any atom is -0.379 e. The molecule has 110 valence electrons. The van der Waals surface area contributed by atoms with E-state index in [1.54, 1.807) is 12.1 Å². The third-order valence-corrected chi connectivity index (χ3v) is 4.10. The number of rotatable bonds is 7. The maximum atomic E-state index is 12.2. The molecule has 1 aromatic carbocycles. The zero-order chi connectivity index (χ0) is 14.6. The third kappa shape index (κ3) is 3.53. The van der Waals surface area contributed by atoms with Crippen molar-refractivity contribution >= 4 is 21.1 Å². The van der Waals surface area contributed by atoms with Crippen molar-refractivity contribution in [1.82, 2.24) is 15.0 Å². The molecule has 20 heavy (non-hydrogen) atoms. The van der Waals surface area contributed by atoms with Gasteiger partial charge in [0.15, 0.2) is 5.52 Å². The monoisotopic (exact) mass is 299 g/mol. The Morgan fingerprint density at radius 1 is 1.35 bits per heavy atom. The zero-order valence-corrected chi connectivity index (χ0v) is 12.2. The van der Waals surface area contributed by atoms with Crippen LogP contribution in [0.2, 0.25) is 0 Å². The van der Waals surface area contributed by atoms with Gasteiger partial charge in [-0.3, -0.25) is 0 Å². The third-order valence-electron chi connectivity index (χ3n) is 2.60. The van der Waals surface area contributed by atoms with Gasteiger partial charge in [0.2, 0.25) is 10.0 Å². The van der Waals surface area contributed by atoms with Gasteiger partial charge in [0.25, 0.3) is 0 Å². The summed E-state index contributed by atoms with van der Waals surface area (Å²) in [5.41, 5.74) is 0.648. The summed E-state index contributed by atoms with van der Waals surface area (Å²) in [5.74, 6) is 0. The van der Waals surface area contributed by atoms with E-state index in [4.69, 9.17) is 4.74 Å². The van der Waals surface area contributed by atoms with Crippen LogP contribution in [0.4, 0.5) is 0 Å². The molecular formula is C12H17N3O4S. The molecule has 1 N–H and O–H groups in total. The van der Waals surface area contributed by atoms with E-state index < -0.39 is 10.0 Å². The predicted molar refractivity (Wildman–Crippen MR) is 72.7 cm³/mol. The van der Waals surface area contributed by atoms with Crippen LogP contribution in [0.15, 0.2) is 27.7 Å². The van der Waals surface area contributed by atoms with E-state index in [1.165, 1.54) is 6.07 Å². The van der Waals surface area contributed by atoms with E-state index in [1.807, 2.05) is 13.8 Å². The number of hydrogen-bond acceptors (Lipinski definition) is 6. The predicted octanol–water partition coefficient (Wildman–Crippen LogP) is 1.32. The molecule has 0 aliphatic rings. The second-order valence-corrected chi connectivity index (χ2v) is 6.29. The molecule has 2 aromatic rings. The number of sulfonamides is 1. The lowest BCUT2D eigenvalue weighted by molar-refractivity contribution is 0.0778. The van der Waals surface area contributed by atoms with Crippen LogP contribution in [-0.4, -0.2) is 38.0 Å². The van der Waals surface area contributed by atoms with Crippen molar-refractivity contribution in [2.45, 2.75) is 31.3 Å². The van der Waals surface area contributed by atoms with E-state index in [9.17, 15) is 8.42 Å². The Morgan fingerprint density at radius 2 is 2.15 bits per heavy atom. The normalized spacial score (nSPS) is 12.3. The van der Waals surface area contributed by atoms with Crippen molar-refractivity contribution in [3.8, 4) is 0 Å². The number of aromatic nitrogens is 2. The Hall–Kier alpha value is -1.51. The van der Waals surface area contributed by atoms with Crippen LogP contribution in [-0.2, 0) is 14.8 Å². The number of ether oxygens (including phenoxy) is 1. The van der Waals surface area contributed by atoms with Crippen molar-refractivity contribution in [2.75, 3.05) is 13.2 Å². The average Bonchev–Trinajstić information content (AvgIpc) is 2.85. The lowest BCUT2D eigenvalue weighted by Gasteiger charge is -2.08. The first kappa shape index (κ1) is 14.9. The second-order valence-electron chi connectivity index (χ2n) is 4.56.